The Morgan fingerprint density at radius 2 is 2.12 bits per heavy atom. The number of nitrogens with zero attached hydrogens (tertiary/aromatic N) is 2. The van der Waals surface area contributed by atoms with Gasteiger partial charge in [-0.15, -0.1) is 0 Å². The van der Waals surface area contributed by atoms with Crippen molar-refractivity contribution in [1.29, 1.82) is 0 Å². The number of amides is 1. The summed E-state index contributed by atoms with van der Waals surface area (Å²) in [7, 11) is 0. The van der Waals surface area contributed by atoms with Crippen molar-refractivity contribution in [2.24, 2.45) is 0 Å². The van der Waals surface area contributed by atoms with Gasteiger partial charge in [-0.25, -0.2) is 9.37 Å². The zero-order chi connectivity index (χ0) is 16.8. The van der Waals surface area contributed by atoms with E-state index in [2.05, 4.69) is 15.2 Å². The van der Waals surface area contributed by atoms with Crippen LogP contribution in [-0.2, 0) is 4.79 Å². The van der Waals surface area contributed by atoms with Gasteiger partial charge in [0.05, 0.1) is 0 Å². The molecule has 0 aliphatic carbocycles. The molecule has 2 aromatic rings. The maximum atomic E-state index is 12.8. The lowest BCUT2D eigenvalue weighted by Gasteiger charge is -2.33. The summed E-state index contributed by atoms with van der Waals surface area (Å²) in [6.07, 6.45) is 3.71. The van der Waals surface area contributed by atoms with Gasteiger partial charge in [-0.2, -0.15) is 0 Å². The molecule has 1 amide bonds. The maximum absolute atomic E-state index is 12.8. The fraction of sp³-hybridized carbons (Fsp3) is 0.333. The highest BCUT2D eigenvalue weighted by atomic mass is 19.1. The molecule has 1 unspecified atom stereocenters. The second-order valence-corrected chi connectivity index (χ2v) is 5.78. The van der Waals surface area contributed by atoms with Gasteiger partial charge in [0.2, 0.25) is 0 Å². The van der Waals surface area contributed by atoms with Gasteiger partial charge in [-0.3, -0.25) is 4.79 Å². The molecule has 3 rings (SSSR count). The van der Waals surface area contributed by atoms with E-state index in [4.69, 9.17) is 4.74 Å². The summed E-state index contributed by atoms with van der Waals surface area (Å²) >= 11 is 0. The highest BCUT2D eigenvalue weighted by Crippen LogP contribution is 2.17. The van der Waals surface area contributed by atoms with Crippen LogP contribution in [0.2, 0.25) is 0 Å². The minimum absolute atomic E-state index is 0.0741. The molecule has 1 fully saturated rings. The van der Waals surface area contributed by atoms with Gasteiger partial charge in [0.1, 0.15) is 17.4 Å². The SMILES string of the molecule is O=C(COc1ccc(F)cc1)NC1CCCN(c2ccccn2)C1. The lowest BCUT2D eigenvalue weighted by Crippen LogP contribution is -2.49. The lowest BCUT2D eigenvalue weighted by molar-refractivity contribution is -0.123. The fourth-order valence-electron chi connectivity index (χ4n) is 2.79. The second kappa shape index (κ2) is 7.77. The number of pyridine rings is 1. The second-order valence-electron chi connectivity index (χ2n) is 5.78. The third kappa shape index (κ3) is 4.44. The average Bonchev–Trinajstić information content (AvgIpc) is 2.62. The van der Waals surface area contributed by atoms with Gasteiger partial charge in [0.15, 0.2) is 6.61 Å². The van der Waals surface area contributed by atoms with Crippen molar-refractivity contribution in [2.75, 3.05) is 24.6 Å². The molecule has 1 aromatic heterocycles. The van der Waals surface area contributed by atoms with Gasteiger partial charge in [0, 0.05) is 25.3 Å². The summed E-state index contributed by atoms with van der Waals surface area (Å²) in [5.74, 6) is 0.903. The third-order valence-electron chi connectivity index (χ3n) is 3.94. The fourth-order valence-corrected chi connectivity index (χ4v) is 2.79. The zero-order valence-corrected chi connectivity index (χ0v) is 13.3. The number of rotatable bonds is 5. The minimum atomic E-state index is -0.330. The van der Waals surface area contributed by atoms with Crippen LogP contribution in [0.4, 0.5) is 10.2 Å². The number of carbonyl (C=O) groups excluding carboxylic acids is 1. The van der Waals surface area contributed by atoms with Crippen LogP contribution in [0.15, 0.2) is 48.7 Å². The Balaban J connectivity index is 1.48. The van der Waals surface area contributed by atoms with Gasteiger partial charge >= 0.3 is 0 Å². The van der Waals surface area contributed by atoms with Crippen molar-refractivity contribution >= 4 is 11.7 Å². The molecule has 1 aromatic carbocycles. The minimum Gasteiger partial charge on any atom is -0.484 e. The Labute approximate surface area is 140 Å². The monoisotopic (exact) mass is 329 g/mol. The normalized spacial score (nSPS) is 17.4. The predicted molar refractivity (Wildman–Crippen MR) is 89.5 cm³/mol. The van der Waals surface area contributed by atoms with E-state index in [1.54, 1.807) is 6.20 Å². The standard InChI is InChI=1S/C18H20FN3O2/c19-14-6-8-16(9-7-14)24-13-18(23)21-15-4-3-11-22(12-15)17-5-1-2-10-20-17/h1-2,5-10,15H,3-4,11-13H2,(H,21,23). The van der Waals surface area contributed by atoms with Crippen LogP contribution in [0, 0.1) is 5.82 Å². The number of carbonyl (C=O) groups is 1. The summed E-state index contributed by atoms with van der Waals surface area (Å²) in [4.78, 5) is 18.6. The maximum Gasteiger partial charge on any atom is 0.258 e. The molecular formula is C18H20FN3O2. The molecule has 1 aliphatic heterocycles. The van der Waals surface area contributed by atoms with Crippen LogP contribution < -0.4 is 15.0 Å². The molecule has 5 nitrogen and oxygen atoms in total. The van der Waals surface area contributed by atoms with Crippen molar-refractivity contribution in [3.8, 4) is 5.75 Å². The highest BCUT2D eigenvalue weighted by Gasteiger charge is 2.22. The molecule has 126 valence electrons. The van der Waals surface area contributed by atoms with E-state index in [0.29, 0.717) is 5.75 Å². The van der Waals surface area contributed by atoms with Crippen molar-refractivity contribution in [2.45, 2.75) is 18.9 Å². The molecular weight excluding hydrogens is 309 g/mol. The summed E-state index contributed by atoms with van der Waals surface area (Å²) in [5.41, 5.74) is 0. The molecule has 0 radical (unpaired) electrons. The van der Waals surface area contributed by atoms with Gasteiger partial charge < -0.3 is 15.0 Å². The first-order chi connectivity index (χ1) is 11.7. The third-order valence-corrected chi connectivity index (χ3v) is 3.94. The molecule has 6 heteroatoms. The average molecular weight is 329 g/mol. The van der Waals surface area contributed by atoms with Crippen LogP contribution in [0.1, 0.15) is 12.8 Å². The number of piperidine rings is 1. The number of benzene rings is 1. The van der Waals surface area contributed by atoms with Gasteiger partial charge in [-0.05, 0) is 49.2 Å². The Morgan fingerprint density at radius 3 is 2.88 bits per heavy atom. The first-order valence-electron chi connectivity index (χ1n) is 8.04. The summed E-state index contributed by atoms with van der Waals surface area (Å²) < 4.78 is 18.2. The van der Waals surface area contributed by atoms with Crippen LogP contribution in [0.25, 0.3) is 0 Å². The number of hydrogen-bond acceptors (Lipinski definition) is 4. The Hall–Kier alpha value is -2.63. The highest BCUT2D eigenvalue weighted by molar-refractivity contribution is 5.78. The molecule has 1 aliphatic rings. The van der Waals surface area contributed by atoms with E-state index in [0.717, 1.165) is 31.7 Å². The summed E-state index contributed by atoms with van der Waals surface area (Å²) in [6.45, 7) is 1.60. The Morgan fingerprint density at radius 1 is 1.29 bits per heavy atom. The molecule has 1 saturated heterocycles. The van der Waals surface area contributed by atoms with E-state index in [-0.39, 0.29) is 24.4 Å². The molecule has 0 spiro atoms. The number of anilines is 1. The van der Waals surface area contributed by atoms with E-state index in [1.165, 1.54) is 24.3 Å². The molecule has 1 N–H and O–H groups in total. The van der Waals surface area contributed by atoms with E-state index < -0.39 is 0 Å². The quantitative estimate of drug-likeness (QED) is 0.915. The van der Waals surface area contributed by atoms with Crippen molar-refractivity contribution in [1.82, 2.24) is 10.3 Å². The Kier molecular flexibility index (Phi) is 5.25. The smallest absolute Gasteiger partial charge is 0.258 e. The van der Waals surface area contributed by atoms with E-state index in [1.807, 2.05) is 18.2 Å². The number of halogens is 1. The summed E-state index contributed by atoms with van der Waals surface area (Å²) in [6, 6.07) is 11.5. The number of aromatic nitrogens is 1. The van der Waals surface area contributed by atoms with Gasteiger partial charge in [-0.1, -0.05) is 6.07 Å². The first kappa shape index (κ1) is 16.2. The molecule has 2 heterocycles. The summed E-state index contributed by atoms with van der Waals surface area (Å²) in [5, 5.41) is 2.99. The van der Waals surface area contributed by atoms with Crippen LogP contribution >= 0.6 is 0 Å². The molecule has 24 heavy (non-hydrogen) atoms. The first-order valence-corrected chi connectivity index (χ1v) is 8.04. The van der Waals surface area contributed by atoms with Crippen LogP contribution in [0.3, 0.4) is 0 Å². The molecule has 0 saturated carbocycles. The number of hydrogen-bond donors (Lipinski definition) is 1. The topological polar surface area (TPSA) is 54.5 Å². The predicted octanol–water partition coefficient (Wildman–Crippen LogP) is 2.38. The van der Waals surface area contributed by atoms with Gasteiger partial charge in [0.25, 0.3) is 5.91 Å². The van der Waals surface area contributed by atoms with Crippen molar-refractivity contribution in [3.05, 3.63) is 54.5 Å². The molecule has 0 bridgehead atoms. The van der Waals surface area contributed by atoms with Crippen molar-refractivity contribution < 1.29 is 13.9 Å². The Bertz CT molecular complexity index is 664. The van der Waals surface area contributed by atoms with E-state index >= 15 is 0 Å². The van der Waals surface area contributed by atoms with Crippen LogP contribution in [-0.4, -0.2) is 36.6 Å². The molecule has 1 atom stereocenters. The number of nitrogens with one attached hydrogen (secondary N) is 1. The largest absolute Gasteiger partial charge is 0.484 e. The zero-order valence-electron chi connectivity index (χ0n) is 13.3. The van der Waals surface area contributed by atoms with Crippen LogP contribution in [0.5, 0.6) is 5.75 Å². The van der Waals surface area contributed by atoms with E-state index in [9.17, 15) is 9.18 Å². The number of ether oxygens (including phenoxy) is 1. The van der Waals surface area contributed by atoms with Crippen molar-refractivity contribution in [3.63, 3.8) is 0 Å². The lowest BCUT2D eigenvalue weighted by atomic mass is 10.1.